The minimum absolute atomic E-state index is 0.0537. The van der Waals surface area contributed by atoms with Gasteiger partial charge in [0.1, 0.15) is 6.04 Å². The van der Waals surface area contributed by atoms with E-state index in [9.17, 15) is 9.59 Å². The first kappa shape index (κ1) is 12.9. The molecule has 102 valence electrons. The zero-order valence-corrected chi connectivity index (χ0v) is 11.6. The molecule has 0 radical (unpaired) electrons. The SMILES string of the molecule is O=C1CN(Cc2ccsc2)C(=O)C(c2ccccc2)N1. The molecule has 1 fully saturated rings. The van der Waals surface area contributed by atoms with Gasteiger partial charge in [0.25, 0.3) is 5.91 Å². The summed E-state index contributed by atoms with van der Waals surface area (Å²) in [6.07, 6.45) is 0. The molecule has 1 unspecified atom stereocenters. The molecule has 4 nitrogen and oxygen atoms in total. The maximum Gasteiger partial charge on any atom is 0.250 e. The van der Waals surface area contributed by atoms with E-state index in [1.165, 1.54) is 0 Å². The Hall–Kier alpha value is -2.14. The summed E-state index contributed by atoms with van der Waals surface area (Å²) in [4.78, 5) is 26.0. The molecule has 20 heavy (non-hydrogen) atoms. The van der Waals surface area contributed by atoms with Gasteiger partial charge in [-0.25, -0.2) is 0 Å². The fraction of sp³-hybridized carbons (Fsp3) is 0.200. The van der Waals surface area contributed by atoms with Gasteiger partial charge in [0.05, 0.1) is 6.54 Å². The van der Waals surface area contributed by atoms with Crippen LogP contribution in [0.2, 0.25) is 0 Å². The smallest absolute Gasteiger partial charge is 0.250 e. The van der Waals surface area contributed by atoms with Crippen LogP contribution in [0.1, 0.15) is 17.2 Å². The van der Waals surface area contributed by atoms with E-state index < -0.39 is 6.04 Å². The molecule has 2 heterocycles. The Kier molecular flexibility index (Phi) is 3.52. The molecule has 0 spiro atoms. The molecule has 1 N–H and O–H groups in total. The zero-order chi connectivity index (χ0) is 13.9. The van der Waals surface area contributed by atoms with Crippen molar-refractivity contribution < 1.29 is 9.59 Å². The van der Waals surface area contributed by atoms with E-state index in [4.69, 9.17) is 0 Å². The van der Waals surface area contributed by atoms with Crippen LogP contribution in [0.25, 0.3) is 0 Å². The second-order valence-corrected chi connectivity index (χ2v) is 5.52. The van der Waals surface area contributed by atoms with Crippen LogP contribution in [-0.4, -0.2) is 23.3 Å². The van der Waals surface area contributed by atoms with Gasteiger partial charge in [0, 0.05) is 6.54 Å². The molecule has 1 aromatic carbocycles. The number of hydrogen-bond acceptors (Lipinski definition) is 3. The van der Waals surface area contributed by atoms with E-state index in [1.807, 2.05) is 47.2 Å². The van der Waals surface area contributed by atoms with Crippen LogP contribution < -0.4 is 5.32 Å². The minimum atomic E-state index is -0.573. The van der Waals surface area contributed by atoms with E-state index in [-0.39, 0.29) is 18.4 Å². The van der Waals surface area contributed by atoms with Gasteiger partial charge in [-0.15, -0.1) is 0 Å². The van der Waals surface area contributed by atoms with Crippen molar-refractivity contribution in [3.63, 3.8) is 0 Å². The largest absolute Gasteiger partial charge is 0.339 e. The number of thiophene rings is 1. The second-order valence-electron chi connectivity index (χ2n) is 4.74. The van der Waals surface area contributed by atoms with E-state index in [0.717, 1.165) is 11.1 Å². The van der Waals surface area contributed by atoms with Gasteiger partial charge in [0.2, 0.25) is 5.91 Å². The predicted molar refractivity (Wildman–Crippen MR) is 77.1 cm³/mol. The molecule has 1 saturated heterocycles. The third-order valence-corrected chi connectivity index (χ3v) is 4.02. The van der Waals surface area contributed by atoms with Gasteiger partial charge in [0.15, 0.2) is 0 Å². The second kappa shape index (κ2) is 5.46. The number of amides is 2. The lowest BCUT2D eigenvalue weighted by atomic mass is 10.0. The molecule has 3 rings (SSSR count). The van der Waals surface area contributed by atoms with Gasteiger partial charge in [-0.2, -0.15) is 11.3 Å². The van der Waals surface area contributed by atoms with Crippen LogP contribution in [0.3, 0.4) is 0 Å². The molecule has 2 amide bonds. The Morgan fingerprint density at radius 2 is 2.00 bits per heavy atom. The topological polar surface area (TPSA) is 49.4 Å². The van der Waals surface area contributed by atoms with E-state index in [1.54, 1.807) is 16.2 Å². The number of nitrogens with zero attached hydrogens (tertiary/aromatic N) is 1. The molecule has 0 saturated carbocycles. The number of carbonyl (C=O) groups excluding carboxylic acids is 2. The van der Waals surface area contributed by atoms with Crippen molar-refractivity contribution in [2.45, 2.75) is 12.6 Å². The molecule has 0 bridgehead atoms. The Bertz CT molecular complexity index is 610. The summed E-state index contributed by atoms with van der Waals surface area (Å²) in [7, 11) is 0. The Balaban J connectivity index is 1.82. The van der Waals surface area contributed by atoms with Gasteiger partial charge >= 0.3 is 0 Å². The standard InChI is InChI=1S/C15H14N2O2S/c18-13-9-17(8-11-6-7-20-10-11)15(19)14(16-13)12-4-2-1-3-5-12/h1-7,10,14H,8-9H2,(H,16,18). The summed E-state index contributed by atoms with van der Waals surface area (Å²) in [6, 6.07) is 10.7. The first-order chi connectivity index (χ1) is 9.74. The van der Waals surface area contributed by atoms with Crippen molar-refractivity contribution >= 4 is 23.2 Å². The third kappa shape index (κ3) is 2.58. The molecule has 1 aliphatic heterocycles. The van der Waals surface area contributed by atoms with Gasteiger partial charge in [-0.1, -0.05) is 30.3 Å². The minimum Gasteiger partial charge on any atom is -0.339 e. The van der Waals surface area contributed by atoms with Crippen molar-refractivity contribution in [1.29, 1.82) is 0 Å². The van der Waals surface area contributed by atoms with Crippen LogP contribution in [0.5, 0.6) is 0 Å². The average molecular weight is 286 g/mol. The lowest BCUT2D eigenvalue weighted by molar-refractivity contribution is -0.145. The quantitative estimate of drug-likeness (QED) is 0.937. The predicted octanol–water partition coefficient (Wildman–Crippen LogP) is 1.95. The number of carbonyl (C=O) groups is 2. The van der Waals surface area contributed by atoms with Crippen molar-refractivity contribution in [3.8, 4) is 0 Å². The number of piperazine rings is 1. The monoisotopic (exact) mass is 286 g/mol. The summed E-state index contributed by atoms with van der Waals surface area (Å²) in [5, 5.41) is 6.73. The third-order valence-electron chi connectivity index (χ3n) is 3.28. The molecular weight excluding hydrogens is 272 g/mol. The highest BCUT2D eigenvalue weighted by Gasteiger charge is 2.33. The fourth-order valence-corrected chi connectivity index (χ4v) is 2.97. The summed E-state index contributed by atoms with van der Waals surface area (Å²) < 4.78 is 0. The summed E-state index contributed by atoms with van der Waals surface area (Å²) in [5.41, 5.74) is 1.88. The first-order valence-corrected chi connectivity index (χ1v) is 7.32. The summed E-state index contributed by atoms with van der Waals surface area (Å²) in [6.45, 7) is 0.608. The van der Waals surface area contributed by atoms with Crippen LogP contribution in [0, 0.1) is 0 Å². The highest BCUT2D eigenvalue weighted by atomic mass is 32.1. The highest BCUT2D eigenvalue weighted by Crippen LogP contribution is 2.21. The molecule has 1 atom stereocenters. The fourth-order valence-electron chi connectivity index (χ4n) is 2.31. The molecule has 5 heteroatoms. The Labute approximate surface area is 121 Å². The van der Waals surface area contributed by atoms with Crippen molar-refractivity contribution in [2.75, 3.05) is 6.54 Å². The lowest BCUT2D eigenvalue weighted by Crippen LogP contribution is -2.52. The van der Waals surface area contributed by atoms with E-state index >= 15 is 0 Å². The number of hydrogen-bond donors (Lipinski definition) is 1. The summed E-state index contributed by atoms with van der Waals surface area (Å²) >= 11 is 1.59. The maximum atomic E-state index is 12.5. The highest BCUT2D eigenvalue weighted by molar-refractivity contribution is 7.07. The molecule has 2 aromatic rings. The number of benzene rings is 1. The Morgan fingerprint density at radius 1 is 1.20 bits per heavy atom. The molecule has 0 aliphatic carbocycles. The van der Waals surface area contributed by atoms with Crippen LogP contribution in [-0.2, 0) is 16.1 Å². The number of rotatable bonds is 3. The van der Waals surface area contributed by atoms with E-state index in [0.29, 0.717) is 6.54 Å². The Morgan fingerprint density at radius 3 is 2.70 bits per heavy atom. The van der Waals surface area contributed by atoms with Crippen molar-refractivity contribution in [3.05, 3.63) is 58.3 Å². The van der Waals surface area contributed by atoms with Crippen LogP contribution in [0.4, 0.5) is 0 Å². The van der Waals surface area contributed by atoms with Crippen molar-refractivity contribution in [1.82, 2.24) is 10.2 Å². The maximum absolute atomic E-state index is 12.5. The van der Waals surface area contributed by atoms with Crippen LogP contribution in [0.15, 0.2) is 47.2 Å². The zero-order valence-electron chi connectivity index (χ0n) is 10.8. The number of nitrogens with one attached hydrogen (secondary N) is 1. The normalized spacial score (nSPS) is 19.0. The average Bonchev–Trinajstić information content (AvgIpc) is 2.96. The van der Waals surface area contributed by atoms with E-state index in [2.05, 4.69) is 5.32 Å². The van der Waals surface area contributed by atoms with Gasteiger partial charge in [-0.3, -0.25) is 9.59 Å². The van der Waals surface area contributed by atoms with Crippen LogP contribution >= 0.6 is 11.3 Å². The van der Waals surface area contributed by atoms with Gasteiger partial charge in [-0.05, 0) is 28.0 Å². The lowest BCUT2D eigenvalue weighted by Gasteiger charge is -2.32. The first-order valence-electron chi connectivity index (χ1n) is 6.38. The van der Waals surface area contributed by atoms with Crippen molar-refractivity contribution in [2.24, 2.45) is 0 Å². The summed E-state index contributed by atoms with van der Waals surface area (Å²) in [5.74, 6) is -0.171. The van der Waals surface area contributed by atoms with Gasteiger partial charge < -0.3 is 10.2 Å². The molecule has 1 aromatic heterocycles. The molecule has 1 aliphatic rings. The molecular formula is C15H14N2O2S.